The van der Waals surface area contributed by atoms with E-state index in [1.165, 1.54) is 12.1 Å². The highest BCUT2D eigenvalue weighted by Gasteiger charge is 2.39. The Hall–Kier alpha value is -2.40. The summed E-state index contributed by atoms with van der Waals surface area (Å²) in [7, 11) is 0. The monoisotopic (exact) mass is 354 g/mol. The third kappa shape index (κ3) is 3.44. The maximum atomic E-state index is 13.3. The first-order chi connectivity index (χ1) is 12.7. The van der Waals surface area contributed by atoms with Gasteiger partial charge in [-0.1, -0.05) is 24.3 Å². The second-order valence-corrected chi connectivity index (χ2v) is 7.00. The minimum Gasteiger partial charge on any atom is -0.488 e. The van der Waals surface area contributed by atoms with Crippen LogP contribution in [0.15, 0.2) is 48.5 Å². The summed E-state index contributed by atoms with van der Waals surface area (Å²) in [6, 6.07) is 14.2. The number of carbonyl (C=O) groups excluding carboxylic acids is 1. The van der Waals surface area contributed by atoms with Crippen LogP contribution < -0.4 is 10.1 Å². The predicted molar refractivity (Wildman–Crippen MR) is 97.6 cm³/mol. The highest BCUT2D eigenvalue weighted by molar-refractivity contribution is 5.97. The van der Waals surface area contributed by atoms with Crippen LogP contribution in [0.1, 0.15) is 35.2 Å². The number of hydrogen-bond donors (Lipinski definition) is 1. The molecular formula is C21H23FN2O2. The molecule has 26 heavy (non-hydrogen) atoms. The topological polar surface area (TPSA) is 41.6 Å². The fraction of sp³-hybridized carbons (Fsp3) is 0.381. The number of rotatable bonds is 4. The molecule has 2 atom stereocenters. The van der Waals surface area contributed by atoms with Crippen molar-refractivity contribution in [1.29, 1.82) is 0 Å². The van der Waals surface area contributed by atoms with E-state index < -0.39 is 0 Å². The summed E-state index contributed by atoms with van der Waals surface area (Å²) in [6.07, 6.45) is 3.14. The van der Waals surface area contributed by atoms with E-state index in [4.69, 9.17) is 4.74 Å². The van der Waals surface area contributed by atoms with Crippen molar-refractivity contribution in [2.45, 2.75) is 38.0 Å². The number of amides is 1. The van der Waals surface area contributed by atoms with E-state index in [9.17, 15) is 9.18 Å². The van der Waals surface area contributed by atoms with Gasteiger partial charge in [-0.2, -0.15) is 0 Å². The first-order valence-electron chi connectivity index (χ1n) is 9.22. The maximum Gasteiger partial charge on any atom is 0.258 e. The molecule has 2 aromatic rings. The number of fused-ring (bicyclic) bond motifs is 2. The molecule has 2 fully saturated rings. The molecule has 4 nitrogen and oxygen atoms in total. The van der Waals surface area contributed by atoms with Crippen LogP contribution in [0.4, 0.5) is 4.39 Å². The van der Waals surface area contributed by atoms with Gasteiger partial charge in [0.2, 0.25) is 0 Å². The van der Waals surface area contributed by atoms with Crippen LogP contribution in [0, 0.1) is 5.82 Å². The van der Waals surface area contributed by atoms with Gasteiger partial charge in [0.1, 0.15) is 18.2 Å². The van der Waals surface area contributed by atoms with Crippen molar-refractivity contribution in [2.75, 3.05) is 13.1 Å². The molecule has 2 bridgehead atoms. The fourth-order valence-corrected chi connectivity index (χ4v) is 3.96. The van der Waals surface area contributed by atoms with E-state index in [0.717, 1.165) is 37.9 Å². The molecule has 2 saturated heterocycles. The van der Waals surface area contributed by atoms with Gasteiger partial charge >= 0.3 is 0 Å². The molecule has 2 aromatic carbocycles. The Bertz CT molecular complexity index is 764. The Kier molecular flexibility index (Phi) is 4.89. The summed E-state index contributed by atoms with van der Waals surface area (Å²) in [6.45, 7) is 2.13. The Labute approximate surface area is 153 Å². The zero-order valence-corrected chi connectivity index (χ0v) is 14.7. The van der Waals surface area contributed by atoms with Crippen molar-refractivity contribution in [3.63, 3.8) is 0 Å². The summed E-state index contributed by atoms with van der Waals surface area (Å²) in [5, 5.41) is 3.43. The van der Waals surface area contributed by atoms with Gasteiger partial charge in [-0.15, -0.1) is 0 Å². The molecule has 1 N–H and O–H groups in total. The second-order valence-electron chi connectivity index (χ2n) is 7.00. The van der Waals surface area contributed by atoms with Crippen LogP contribution in [-0.2, 0) is 6.61 Å². The van der Waals surface area contributed by atoms with Crippen LogP contribution in [-0.4, -0.2) is 36.0 Å². The Morgan fingerprint density at radius 1 is 1.08 bits per heavy atom. The molecule has 2 aliphatic rings. The van der Waals surface area contributed by atoms with Crippen molar-refractivity contribution >= 4 is 5.91 Å². The standard InChI is InChI=1S/C21H23FN2O2/c22-16-7-5-15(6-8-16)14-26-20-4-2-1-3-19(20)21(25)24-17-9-10-18(24)13-23-12-11-17/h1-8,17-18,23H,9-14H2. The molecule has 0 radical (unpaired) electrons. The number of carbonyl (C=O) groups is 1. The van der Waals surface area contributed by atoms with Crippen LogP contribution >= 0.6 is 0 Å². The van der Waals surface area contributed by atoms with Crippen molar-refractivity contribution in [2.24, 2.45) is 0 Å². The lowest BCUT2D eigenvalue weighted by atomic mass is 10.1. The summed E-state index contributed by atoms with van der Waals surface area (Å²) in [5.41, 5.74) is 1.47. The summed E-state index contributed by atoms with van der Waals surface area (Å²) in [5.74, 6) is 0.365. The minimum absolute atomic E-state index is 0.0518. The first kappa shape index (κ1) is 17.0. The number of nitrogens with one attached hydrogen (secondary N) is 1. The molecule has 1 amide bonds. The normalized spacial score (nSPS) is 22.1. The van der Waals surface area contributed by atoms with Crippen molar-refractivity contribution < 1.29 is 13.9 Å². The van der Waals surface area contributed by atoms with E-state index in [0.29, 0.717) is 24.0 Å². The van der Waals surface area contributed by atoms with Crippen molar-refractivity contribution in [1.82, 2.24) is 10.2 Å². The highest BCUT2D eigenvalue weighted by atomic mass is 19.1. The summed E-state index contributed by atoms with van der Waals surface area (Å²) in [4.78, 5) is 15.3. The second kappa shape index (κ2) is 7.46. The molecular weight excluding hydrogens is 331 g/mol. The molecule has 0 spiro atoms. The molecule has 0 saturated carbocycles. The van der Waals surface area contributed by atoms with Gasteiger partial charge < -0.3 is 15.0 Å². The number of halogens is 1. The Morgan fingerprint density at radius 2 is 1.85 bits per heavy atom. The summed E-state index contributed by atoms with van der Waals surface area (Å²) < 4.78 is 19.0. The van der Waals surface area contributed by atoms with Crippen molar-refractivity contribution in [3.05, 3.63) is 65.5 Å². The van der Waals surface area contributed by atoms with Crippen molar-refractivity contribution in [3.8, 4) is 5.75 Å². The van der Waals surface area contributed by atoms with Gasteiger partial charge in [0, 0.05) is 18.6 Å². The lowest BCUT2D eigenvalue weighted by Crippen LogP contribution is -2.42. The molecule has 2 aliphatic heterocycles. The third-order valence-electron chi connectivity index (χ3n) is 5.31. The zero-order valence-electron chi connectivity index (χ0n) is 14.7. The number of hydrogen-bond acceptors (Lipinski definition) is 3. The van der Waals surface area contributed by atoms with Gasteiger partial charge in [-0.3, -0.25) is 4.79 Å². The first-order valence-corrected chi connectivity index (χ1v) is 9.22. The summed E-state index contributed by atoms with van der Waals surface area (Å²) >= 11 is 0. The number of ether oxygens (including phenoxy) is 1. The smallest absolute Gasteiger partial charge is 0.258 e. The average Bonchev–Trinajstić information content (AvgIpc) is 2.93. The van der Waals surface area contributed by atoms with E-state index >= 15 is 0 Å². The lowest BCUT2D eigenvalue weighted by molar-refractivity contribution is 0.0675. The molecule has 2 heterocycles. The number of benzene rings is 2. The number of nitrogens with zero attached hydrogens (tertiary/aromatic N) is 1. The molecule has 0 aromatic heterocycles. The van der Waals surface area contributed by atoms with Gasteiger partial charge in [0.05, 0.1) is 5.56 Å². The maximum absolute atomic E-state index is 13.3. The highest BCUT2D eigenvalue weighted by Crippen LogP contribution is 2.31. The largest absolute Gasteiger partial charge is 0.488 e. The Morgan fingerprint density at radius 3 is 2.69 bits per heavy atom. The molecule has 0 aliphatic carbocycles. The van der Waals surface area contributed by atoms with Crippen LogP contribution in [0.25, 0.3) is 0 Å². The van der Waals surface area contributed by atoms with E-state index in [-0.39, 0.29) is 17.8 Å². The quantitative estimate of drug-likeness (QED) is 0.915. The van der Waals surface area contributed by atoms with E-state index in [1.54, 1.807) is 12.1 Å². The molecule has 2 unspecified atom stereocenters. The number of para-hydroxylation sites is 1. The molecule has 4 rings (SSSR count). The molecule has 5 heteroatoms. The van der Waals surface area contributed by atoms with Crippen LogP contribution in [0.2, 0.25) is 0 Å². The van der Waals surface area contributed by atoms with Crippen LogP contribution in [0.3, 0.4) is 0 Å². The van der Waals surface area contributed by atoms with E-state index in [2.05, 4.69) is 10.2 Å². The van der Waals surface area contributed by atoms with E-state index in [1.807, 2.05) is 24.3 Å². The molecule has 136 valence electrons. The SMILES string of the molecule is O=C(c1ccccc1OCc1ccc(F)cc1)N1C2CCNCC1CC2. The van der Waals surface area contributed by atoms with Gasteiger partial charge in [0.15, 0.2) is 0 Å². The zero-order chi connectivity index (χ0) is 17.9. The third-order valence-corrected chi connectivity index (χ3v) is 5.31. The van der Waals surface area contributed by atoms with Crippen LogP contribution in [0.5, 0.6) is 5.75 Å². The van der Waals surface area contributed by atoms with Gasteiger partial charge in [-0.05, 0) is 55.6 Å². The average molecular weight is 354 g/mol. The fourth-order valence-electron chi connectivity index (χ4n) is 3.96. The minimum atomic E-state index is -0.269. The predicted octanol–water partition coefficient (Wildman–Crippen LogP) is 3.37. The Balaban J connectivity index is 1.53. The van der Waals surface area contributed by atoms with Gasteiger partial charge in [-0.25, -0.2) is 4.39 Å². The lowest BCUT2D eigenvalue weighted by Gasteiger charge is -2.28. The van der Waals surface area contributed by atoms with Gasteiger partial charge in [0.25, 0.3) is 5.91 Å².